The molecule has 0 spiro atoms. The van der Waals surface area contributed by atoms with E-state index in [4.69, 9.17) is 4.74 Å². The molecule has 3 aromatic rings. The highest BCUT2D eigenvalue weighted by atomic mass is 19.1. The third-order valence-corrected chi connectivity index (χ3v) is 4.40. The maximum atomic E-state index is 13.1. The highest BCUT2D eigenvalue weighted by Crippen LogP contribution is 2.11. The molecule has 0 aliphatic rings. The molecular formula is C20H18F2N2O4. The Morgan fingerprint density at radius 2 is 1.46 bits per heavy atom. The van der Waals surface area contributed by atoms with Gasteiger partial charge in [-0.05, 0) is 42.3 Å². The molecule has 0 saturated carbocycles. The Labute approximate surface area is 158 Å². The fourth-order valence-electron chi connectivity index (χ4n) is 2.79. The third-order valence-electron chi connectivity index (χ3n) is 4.40. The average molecular weight is 388 g/mol. The minimum Gasteiger partial charge on any atom is -0.421 e. The van der Waals surface area contributed by atoms with Crippen LogP contribution < -0.4 is 11.2 Å². The molecule has 8 heteroatoms. The average Bonchev–Trinajstić information content (AvgIpc) is 2.69. The minimum absolute atomic E-state index is 0.0348. The van der Waals surface area contributed by atoms with Crippen molar-refractivity contribution in [3.63, 3.8) is 0 Å². The number of ether oxygens (including phenoxy) is 1. The van der Waals surface area contributed by atoms with Crippen molar-refractivity contribution in [3.8, 4) is 0 Å². The zero-order valence-corrected chi connectivity index (χ0v) is 15.1. The summed E-state index contributed by atoms with van der Waals surface area (Å²) in [5.41, 5.74) is 0.129. The van der Waals surface area contributed by atoms with Gasteiger partial charge in [-0.3, -0.25) is 9.36 Å². The van der Waals surface area contributed by atoms with Crippen LogP contribution in [0.1, 0.15) is 22.4 Å². The van der Waals surface area contributed by atoms with Crippen molar-refractivity contribution in [1.29, 1.82) is 0 Å². The molecule has 0 amide bonds. The van der Waals surface area contributed by atoms with Crippen LogP contribution in [-0.2, 0) is 24.5 Å². The van der Waals surface area contributed by atoms with E-state index in [1.54, 1.807) is 19.1 Å². The quantitative estimate of drug-likeness (QED) is 0.659. The summed E-state index contributed by atoms with van der Waals surface area (Å²) in [4.78, 5) is 24.6. The number of benzene rings is 2. The first-order chi connectivity index (χ1) is 13.4. The van der Waals surface area contributed by atoms with Crippen molar-refractivity contribution in [2.75, 3.05) is 0 Å². The number of nitrogens with zero attached hydrogens (tertiary/aromatic N) is 2. The second kappa shape index (κ2) is 8.18. The van der Waals surface area contributed by atoms with Crippen LogP contribution in [-0.4, -0.2) is 14.5 Å². The molecule has 1 heterocycles. The van der Waals surface area contributed by atoms with E-state index in [0.29, 0.717) is 16.8 Å². The van der Waals surface area contributed by atoms with E-state index in [1.165, 1.54) is 36.4 Å². The number of hydrogen-bond donors (Lipinski definition) is 1. The Morgan fingerprint density at radius 1 is 0.929 bits per heavy atom. The number of hydrogen-bond acceptors (Lipinski definition) is 4. The third kappa shape index (κ3) is 4.17. The van der Waals surface area contributed by atoms with Gasteiger partial charge in [-0.2, -0.15) is 0 Å². The molecule has 0 saturated heterocycles. The fraction of sp³-hybridized carbons (Fsp3) is 0.200. The Balaban J connectivity index is 1.85. The maximum Gasteiger partial charge on any atom is 0.366 e. The first-order valence-electron chi connectivity index (χ1n) is 8.48. The number of rotatable bonds is 6. The van der Waals surface area contributed by atoms with Gasteiger partial charge in [0.2, 0.25) is 0 Å². The molecule has 1 N–H and O–H groups in total. The normalized spacial score (nSPS) is 11.0. The van der Waals surface area contributed by atoms with Crippen molar-refractivity contribution >= 4 is 0 Å². The lowest BCUT2D eigenvalue weighted by Crippen LogP contribution is -2.42. The standard InChI is InChI=1S/C20H18F2N2O4/c1-13-18(10-14-2-6-16(21)7-3-14)19(25)24(27)20(26)23(13)12-28-11-15-4-8-17(22)9-5-15/h2-9,27H,10-12H2,1H3. The summed E-state index contributed by atoms with van der Waals surface area (Å²) in [5, 5.41) is 9.88. The molecule has 28 heavy (non-hydrogen) atoms. The predicted octanol–water partition coefficient (Wildman–Crippen LogP) is 2.60. The smallest absolute Gasteiger partial charge is 0.366 e. The van der Waals surface area contributed by atoms with Gasteiger partial charge in [0.25, 0.3) is 5.56 Å². The van der Waals surface area contributed by atoms with Gasteiger partial charge in [0.15, 0.2) is 0 Å². The Bertz CT molecular complexity index is 1090. The van der Waals surface area contributed by atoms with Crippen LogP contribution >= 0.6 is 0 Å². The lowest BCUT2D eigenvalue weighted by Gasteiger charge is -2.15. The van der Waals surface area contributed by atoms with E-state index < -0.39 is 17.1 Å². The lowest BCUT2D eigenvalue weighted by atomic mass is 10.0. The van der Waals surface area contributed by atoms with Gasteiger partial charge >= 0.3 is 5.69 Å². The van der Waals surface area contributed by atoms with Crippen LogP contribution in [0.25, 0.3) is 0 Å². The molecule has 0 unspecified atom stereocenters. The molecule has 0 aliphatic heterocycles. The molecule has 6 nitrogen and oxygen atoms in total. The highest BCUT2D eigenvalue weighted by Gasteiger charge is 2.16. The molecule has 0 atom stereocenters. The molecule has 3 rings (SSSR count). The van der Waals surface area contributed by atoms with Crippen molar-refractivity contribution < 1.29 is 18.7 Å². The zero-order valence-electron chi connectivity index (χ0n) is 15.1. The van der Waals surface area contributed by atoms with E-state index in [-0.39, 0.29) is 35.9 Å². The summed E-state index contributed by atoms with van der Waals surface area (Å²) < 4.78 is 32.7. The Morgan fingerprint density at radius 3 is 2.04 bits per heavy atom. The van der Waals surface area contributed by atoms with Gasteiger partial charge in [0.05, 0.1) is 6.61 Å². The van der Waals surface area contributed by atoms with Crippen molar-refractivity contribution in [1.82, 2.24) is 9.30 Å². The summed E-state index contributed by atoms with van der Waals surface area (Å²) in [7, 11) is 0. The van der Waals surface area contributed by atoms with Crippen molar-refractivity contribution in [2.45, 2.75) is 26.7 Å². The van der Waals surface area contributed by atoms with Gasteiger partial charge in [-0.25, -0.2) is 13.6 Å². The predicted molar refractivity (Wildman–Crippen MR) is 97.3 cm³/mol. The summed E-state index contributed by atoms with van der Waals surface area (Å²) in [6.07, 6.45) is 0.115. The van der Waals surface area contributed by atoms with Crippen LogP contribution in [0.3, 0.4) is 0 Å². The molecule has 0 radical (unpaired) electrons. The summed E-state index contributed by atoms with van der Waals surface area (Å²) >= 11 is 0. The monoisotopic (exact) mass is 388 g/mol. The van der Waals surface area contributed by atoms with Crippen molar-refractivity contribution in [3.05, 3.63) is 103 Å². The second-order valence-electron chi connectivity index (χ2n) is 6.30. The summed E-state index contributed by atoms with van der Waals surface area (Å²) in [6, 6.07) is 11.3. The fourth-order valence-corrected chi connectivity index (χ4v) is 2.79. The van der Waals surface area contributed by atoms with Crippen LogP contribution in [0, 0.1) is 18.6 Å². The molecule has 0 aliphatic carbocycles. The van der Waals surface area contributed by atoms with Gasteiger partial charge in [0, 0.05) is 17.7 Å². The first-order valence-corrected chi connectivity index (χ1v) is 8.48. The molecule has 2 aromatic carbocycles. The molecular weight excluding hydrogens is 370 g/mol. The SMILES string of the molecule is Cc1c(Cc2ccc(F)cc2)c(=O)n(O)c(=O)n1COCc1ccc(F)cc1. The Kier molecular flexibility index (Phi) is 5.70. The van der Waals surface area contributed by atoms with Crippen molar-refractivity contribution in [2.24, 2.45) is 0 Å². The summed E-state index contributed by atoms with van der Waals surface area (Å²) in [5.74, 6) is -0.771. The van der Waals surface area contributed by atoms with E-state index in [1.807, 2.05) is 0 Å². The number of aromatic nitrogens is 2. The summed E-state index contributed by atoms with van der Waals surface area (Å²) in [6.45, 7) is 1.48. The largest absolute Gasteiger partial charge is 0.421 e. The van der Waals surface area contributed by atoms with E-state index >= 15 is 0 Å². The van der Waals surface area contributed by atoms with E-state index in [0.717, 1.165) is 4.57 Å². The number of halogens is 2. The molecule has 146 valence electrons. The zero-order chi connectivity index (χ0) is 20.3. The lowest BCUT2D eigenvalue weighted by molar-refractivity contribution is 0.0504. The van der Waals surface area contributed by atoms with E-state index in [9.17, 15) is 23.6 Å². The van der Waals surface area contributed by atoms with Gasteiger partial charge < -0.3 is 9.94 Å². The molecule has 1 aromatic heterocycles. The topological polar surface area (TPSA) is 73.5 Å². The molecule has 0 bridgehead atoms. The highest BCUT2D eigenvalue weighted by molar-refractivity contribution is 5.27. The maximum absolute atomic E-state index is 13.1. The first kappa shape index (κ1) is 19.5. The molecule has 0 fully saturated rings. The van der Waals surface area contributed by atoms with Crippen LogP contribution in [0.2, 0.25) is 0 Å². The van der Waals surface area contributed by atoms with E-state index in [2.05, 4.69) is 0 Å². The van der Waals surface area contributed by atoms with Gasteiger partial charge in [-0.15, -0.1) is 0 Å². The van der Waals surface area contributed by atoms with Gasteiger partial charge in [-0.1, -0.05) is 29.0 Å². The second-order valence-corrected chi connectivity index (χ2v) is 6.30. The van der Waals surface area contributed by atoms with Gasteiger partial charge in [0.1, 0.15) is 18.4 Å². The van der Waals surface area contributed by atoms with Crippen LogP contribution in [0.4, 0.5) is 8.78 Å². The van der Waals surface area contributed by atoms with Crippen LogP contribution in [0.15, 0.2) is 58.1 Å². The minimum atomic E-state index is -0.926. The van der Waals surface area contributed by atoms with Crippen LogP contribution in [0.5, 0.6) is 0 Å². The Hall–Kier alpha value is -3.26.